The fourth-order valence-corrected chi connectivity index (χ4v) is 4.08. The molecule has 0 amide bonds. The number of hydrogen-bond donors (Lipinski definition) is 0. The summed E-state index contributed by atoms with van der Waals surface area (Å²) >= 11 is 1.59. The van der Waals surface area contributed by atoms with Crippen LogP contribution in [-0.2, 0) is 0 Å². The van der Waals surface area contributed by atoms with E-state index in [1.54, 1.807) is 18.4 Å². The minimum atomic E-state index is 0.524. The van der Waals surface area contributed by atoms with Gasteiger partial charge in [-0.15, -0.1) is 11.3 Å². The highest BCUT2D eigenvalue weighted by Gasteiger charge is 2.11. The Morgan fingerprint density at radius 2 is 1.76 bits per heavy atom. The highest BCUT2D eigenvalue weighted by molar-refractivity contribution is 7.09. The minimum Gasteiger partial charge on any atom is -0.497 e. The summed E-state index contributed by atoms with van der Waals surface area (Å²) in [7, 11) is 1.65. The second-order valence-electron chi connectivity index (χ2n) is 7.10. The number of hydrogen-bond acceptors (Lipinski definition) is 6. The van der Waals surface area contributed by atoms with Crippen LogP contribution in [0.25, 0.3) is 11.0 Å². The zero-order valence-electron chi connectivity index (χ0n) is 16.7. The summed E-state index contributed by atoms with van der Waals surface area (Å²) < 4.78 is 11.2. The van der Waals surface area contributed by atoms with Gasteiger partial charge in [0.25, 0.3) is 0 Å². The Morgan fingerprint density at radius 1 is 1.00 bits per heavy atom. The second-order valence-corrected chi connectivity index (χ2v) is 7.85. The van der Waals surface area contributed by atoms with Gasteiger partial charge >= 0.3 is 0 Å². The first-order valence-electron chi connectivity index (χ1n) is 10.1. The van der Waals surface area contributed by atoms with Crippen LogP contribution >= 0.6 is 11.3 Å². The number of benzene rings is 1. The van der Waals surface area contributed by atoms with Gasteiger partial charge in [-0.25, -0.2) is 9.97 Å². The lowest BCUT2D eigenvalue weighted by Gasteiger charge is -2.26. The Hall–Kier alpha value is -2.62. The maximum Gasteiger partial charge on any atom is 0.249 e. The highest BCUT2D eigenvalue weighted by Crippen LogP contribution is 2.22. The van der Waals surface area contributed by atoms with Gasteiger partial charge in [-0.05, 0) is 62.5 Å². The van der Waals surface area contributed by atoms with Crippen molar-refractivity contribution in [2.24, 2.45) is 0 Å². The van der Waals surface area contributed by atoms with E-state index in [1.807, 2.05) is 35.0 Å². The number of aromatic nitrogens is 2. The van der Waals surface area contributed by atoms with Crippen LogP contribution in [0, 0.1) is 11.8 Å². The monoisotopic (exact) mass is 407 g/mol. The first-order chi connectivity index (χ1) is 14.3. The standard InChI is InChI=1S/C23H25N3O2S/c1-27-19-9-6-18(7-10-19)8-11-20-23(25-22-17-29-16-21(22)24-20)28-15-5-14-26-12-3-2-4-13-26/h6-7,9-10,16-17H,2-5,12-15H2,1H3. The van der Waals surface area contributed by atoms with Gasteiger partial charge < -0.3 is 14.4 Å². The molecule has 6 heteroatoms. The SMILES string of the molecule is COc1ccc(C#Cc2nc3cscc3nc2OCCCN2CCCCC2)cc1. The van der Waals surface area contributed by atoms with Gasteiger partial charge in [0, 0.05) is 22.9 Å². The van der Waals surface area contributed by atoms with Crippen molar-refractivity contribution in [3.63, 3.8) is 0 Å². The summed E-state index contributed by atoms with van der Waals surface area (Å²) in [5, 5.41) is 3.98. The molecule has 0 unspecified atom stereocenters. The van der Waals surface area contributed by atoms with E-state index in [1.165, 1.54) is 32.4 Å². The van der Waals surface area contributed by atoms with E-state index in [2.05, 4.69) is 26.7 Å². The van der Waals surface area contributed by atoms with E-state index in [9.17, 15) is 0 Å². The third-order valence-electron chi connectivity index (χ3n) is 5.00. The van der Waals surface area contributed by atoms with Crippen molar-refractivity contribution < 1.29 is 9.47 Å². The van der Waals surface area contributed by atoms with Crippen molar-refractivity contribution in [3.05, 3.63) is 46.3 Å². The number of methoxy groups -OCH3 is 1. The van der Waals surface area contributed by atoms with Crippen molar-refractivity contribution in [2.75, 3.05) is 33.4 Å². The number of ether oxygens (including phenoxy) is 2. The lowest BCUT2D eigenvalue weighted by atomic mass is 10.1. The van der Waals surface area contributed by atoms with Gasteiger partial charge in [0.2, 0.25) is 5.88 Å². The molecule has 0 saturated carbocycles. The Balaban J connectivity index is 1.46. The van der Waals surface area contributed by atoms with Crippen molar-refractivity contribution in [1.82, 2.24) is 14.9 Å². The third kappa shape index (κ3) is 5.26. The van der Waals surface area contributed by atoms with Gasteiger partial charge in [-0.1, -0.05) is 12.3 Å². The van der Waals surface area contributed by atoms with Crippen molar-refractivity contribution in [1.29, 1.82) is 0 Å². The molecule has 4 rings (SSSR count). The molecular weight excluding hydrogens is 382 g/mol. The van der Waals surface area contributed by atoms with E-state index < -0.39 is 0 Å². The van der Waals surface area contributed by atoms with Crippen molar-refractivity contribution >= 4 is 22.4 Å². The summed E-state index contributed by atoms with van der Waals surface area (Å²) in [5.41, 5.74) is 3.20. The minimum absolute atomic E-state index is 0.524. The van der Waals surface area contributed by atoms with E-state index >= 15 is 0 Å². The fourth-order valence-electron chi connectivity index (χ4n) is 3.41. The Bertz CT molecular complexity index is 998. The molecule has 5 nitrogen and oxygen atoms in total. The predicted octanol–water partition coefficient (Wildman–Crippen LogP) is 4.35. The molecule has 0 atom stereocenters. The maximum atomic E-state index is 6.01. The molecule has 1 fully saturated rings. The number of piperidine rings is 1. The summed E-state index contributed by atoms with van der Waals surface area (Å²) in [6.45, 7) is 4.11. The van der Waals surface area contributed by atoms with Crippen LogP contribution in [0.15, 0.2) is 35.0 Å². The number of nitrogens with zero attached hydrogens (tertiary/aromatic N) is 3. The van der Waals surface area contributed by atoms with Crippen LogP contribution in [0.1, 0.15) is 36.9 Å². The van der Waals surface area contributed by atoms with Gasteiger partial charge in [0.05, 0.1) is 13.7 Å². The molecule has 0 N–H and O–H groups in total. The Morgan fingerprint density at radius 3 is 2.52 bits per heavy atom. The van der Waals surface area contributed by atoms with Gasteiger partial charge in [0.1, 0.15) is 16.8 Å². The normalized spacial score (nSPS) is 14.4. The Labute approximate surface area is 175 Å². The van der Waals surface area contributed by atoms with Crippen LogP contribution in [0.4, 0.5) is 0 Å². The van der Waals surface area contributed by atoms with Crippen molar-refractivity contribution in [3.8, 4) is 23.5 Å². The lowest BCUT2D eigenvalue weighted by molar-refractivity contribution is 0.203. The average Bonchev–Trinajstić information content (AvgIpc) is 3.23. The summed E-state index contributed by atoms with van der Waals surface area (Å²) in [4.78, 5) is 11.8. The van der Waals surface area contributed by atoms with Crippen LogP contribution < -0.4 is 9.47 Å². The summed E-state index contributed by atoms with van der Waals surface area (Å²) in [5.74, 6) is 7.64. The highest BCUT2D eigenvalue weighted by atomic mass is 32.1. The molecule has 3 aromatic rings. The number of fused-ring (bicyclic) bond motifs is 1. The smallest absolute Gasteiger partial charge is 0.249 e. The molecule has 0 spiro atoms. The summed E-state index contributed by atoms with van der Waals surface area (Å²) in [6.07, 6.45) is 4.96. The van der Waals surface area contributed by atoms with E-state index in [0.717, 1.165) is 35.3 Å². The molecule has 150 valence electrons. The molecule has 1 aliphatic rings. The summed E-state index contributed by atoms with van der Waals surface area (Å²) in [6, 6.07) is 7.66. The van der Waals surface area contributed by atoms with E-state index in [-0.39, 0.29) is 0 Å². The van der Waals surface area contributed by atoms with Crippen LogP contribution in [0.5, 0.6) is 11.6 Å². The van der Waals surface area contributed by atoms with Crippen molar-refractivity contribution in [2.45, 2.75) is 25.7 Å². The molecule has 29 heavy (non-hydrogen) atoms. The molecule has 0 bridgehead atoms. The molecule has 1 saturated heterocycles. The molecule has 0 radical (unpaired) electrons. The lowest BCUT2D eigenvalue weighted by Crippen LogP contribution is -2.31. The molecule has 2 aromatic heterocycles. The molecule has 3 heterocycles. The van der Waals surface area contributed by atoms with Gasteiger partial charge in [-0.3, -0.25) is 0 Å². The van der Waals surface area contributed by atoms with Crippen LogP contribution in [0.2, 0.25) is 0 Å². The Kier molecular flexibility index (Phi) is 6.60. The topological polar surface area (TPSA) is 47.5 Å². The number of thiophene rings is 1. The predicted molar refractivity (Wildman–Crippen MR) is 117 cm³/mol. The first kappa shape index (κ1) is 19.7. The van der Waals surface area contributed by atoms with E-state index in [0.29, 0.717) is 18.2 Å². The number of likely N-dealkylation sites (tertiary alicyclic amines) is 1. The average molecular weight is 408 g/mol. The first-order valence-corrected chi connectivity index (χ1v) is 11.0. The second kappa shape index (κ2) is 9.73. The number of rotatable bonds is 6. The zero-order valence-corrected chi connectivity index (χ0v) is 17.5. The molecular formula is C23H25N3O2S. The fraction of sp³-hybridized carbons (Fsp3) is 0.391. The molecule has 1 aliphatic heterocycles. The molecule has 0 aliphatic carbocycles. The quantitative estimate of drug-likeness (QED) is 0.449. The van der Waals surface area contributed by atoms with Crippen LogP contribution in [0.3, 0.4) is 0 Å². The molecule has 1 aromatic carbocycles. The third-order valence-corrected chi connectivity index (χ3v) is 5.72. The van der Waals surface area contributed by atoms with Gasteiger partial charge in [0.15, 0.2) is 5.69 Å². The van der Waals surface area contributed by atoms with E-state index in [4.69, 9.17) is 9.47 Å². The van der Waals surface area contributed by atoms with Gasteiger partial charge in [-0.2, -0.15) is 0 Å². The van der Waals surface area contributed by atoms with Crippen LogP contribution in [-0.4, -0.2) is 48.2 Å². The maximum absolute atomic E-state index is 6.01. The largest absolute Gasteiger partial charge is 0.497 e. The zero-order chi connectivity index (χ0) is 19.9.